The molecule has 0 rings (SSSR count). The molecule has 0 atom stereocenters. The summed E-state index contributed by atoms with van der Waals surface area (Å²) in [5, 5.41) is 8.71. The lowest BCUT2D eigenvalue weighted by Crippen LogP contribution is -1.87. The number of aliphatic hydroxyl groups is 1. The van der Waals surface area contributed by atoms with Gasteiger partial charge in [0.1, 0.15) is 0 Å². The van der Waals surface area contributed by atoms with Gasteiger partial charge in [-0.15, -0.1) is 0 Å². The Bertz CT molecular complexity index is 228. The zero-order valence-corrected chi connectivity index (χ0v) is 16.3. The lowest BCUT2D eigenvalue weighted by atomic mass is 10.0. The summed E-state index contributed by atoms with van der Waals surface area (Å²) in [6.45, 7) is 4.76. The Balaban J connectivity index is 2.94. The van der Waals surface area contributed by atoms with Crippen molar-refractivity contribution in [3.63, 3.8) is 0 Å². The molecule has 0 fully saturated rings. The standard InChI is InChI=1S/C22H44O2/c1-2-24-22-20-18-16-14-12-10-8-6-4-3-5-7-9-11-13-15-17-19-21-23/h2,23H,1,3-22H2. The van der Waals surface area contributed by atoms with Crippen molar-refractivity contribution in [2.45, 2.75) is 116 Å². The normalized spacial score (nSPS) is 10.9. The highest BCUT2D eigenvalue weighted by molar-refractivity contribution is 4.52. The fourth-order valence-electron chi connectivity index (χ4n) is 3.21. The summed E-state index contributed by atoms with van der Waals surface area (Å²) in [5.74, 6) is 0. The molecule has 0 unspecified atom stereocenters. The lowest BCUT2D eigenvalue weighted by molar-refractivity contribution is 0.241. The molecule has 24 heavy (non-hydrogen) atoms. The molecule has 0 spiro atoms. The molecule has 0 radical (unpaired) electrons. The van der Waals surface area contributed by atoms with Crippen molar-refractivity contribution in [2.24, 2.45) is 0 Å². The second-order valence-electron chi connectivity index (χ2n) is 7.13. The number of ether oxygens (including phenoxy) is 1. The first-order valence-corrected chi connectivity index (χ1v) is 10.7. The monoisotopic (exact) mass is 340 g/mol. The van der Waals surface area contributed by atoms with Crippen molar-refractivity contribution in [3.05, 3.63) is 12.8 Å². The van der Waals surface area contributed by atoms with Gasteiger partial charge in [0.15, 0.2) is 0 Å². The van der Waals surface area contributed by atoms with E-state index in [0.717, 1.165) is 13.0 Å². The highest BCUT2D eigenvalue weighted by Crippen LogP contribution is 2.14. The van der Waals surface area contributed by atoms with Gasteiger partial charge in [-0.05, 0) is 12.8 Å². The second-order valence-corrected chi connectivity index (χ2v) is 7.13. The van der Waals surface area contributed by atoms with Crippen LogP contribution in [-0.2, 0) is 4.74 Å². The Kier molecular flexibility index (Phi) is 22.0. The van der Waals surface area contributed by atoms with Gasteiger partial charge in [-0.1, -0.05) is 109 Å². The summed E-state index contributed by atoms with van der Waals surface area (Å²) in [6.07, 6.45) is 25.9. The first-order valence-electron chi connectivity index (χ1n) is 10.7. The summed E-state index contributed by atoms with van der Waals surface area (Å²) >= 11 is 0. The Morgan fingerprint density at radius 1 is 0.500 bits per heavy atom. The molecule has 144 valence electrons. The number of hydrogen-bond donors (Lipinski definition) is 1. The quantitative estimate of drug-likeness (QED) is 0.177. The Morgan fingerprint density at radius 2 is 0.792 bits per heavy atom. The smallest absolute Gasteiger partial charge is 0.0873 e. The van der Waals surface area contributed by atoms with E-state index in [1.165, 1.54) is 109 Å². The van der Waals surface area contributed by atoms with E-state index >= 15 is 0 Å². The minimum atomic E-state index is 0.367. The number of aliphatic hydroxyl groups excluding tert-OH is 1. The molecule has 0 heterocycles. The van der Waals surface area contributed by atoms with Crippen LogP contribution < -0.4 is 0 Å². The number of rotatable bonds is 21. The van der Waals surface area contributed by atoms with Crippen LogP contribution in [0.1, 0.15) is 116 Å². The molecular formula is C22H44O2. The summed E-state index contributed by atoms with van der Waals surface area (Å²) in [7, 11) is 0. The van der Waals surface area contributed by atoms with E-state index in [9.17, 15) is 0 Å². The van der Waals surface area contributed by atoms with Crippen molar-refractivity contribution in [1.82, 2.24) is 0 Å². The third-order valence-electron chi connectivity index (χ3n) is 4.79. The van der Waals surface area contributed by atoms with Crippen LogP contribution in [0.15, 0.2) is 12.8 Å². The predicted molar refractivity (Wildman–Crippen MR) is 106 cm³/mol. The van der Waals surface area contributed by atoms with E-state index < -0.39 is 0 Å². The third kappa shape index (κ3) is 21.5. The van der Waals surface area contributed by atoms with Gasteiger partial charge in [0, 0.05) is 6.61 Å². The molecule has 0 aliphatic heterocycles. The topological polar surface area (TPSA) is 29.5 Å². The van der Waals surface area contributed by atoms with E-state index in [0.29, 0.717) is 6.61 Å². The van der Waals surface area contributed by atoms with Gasteiger partial charge in [-0.3, -0.25) is 0 Å². The average molecular weight is 341 g/mol. The highest BCUT2D eigenvalue weighted by Gasteiger charge is 1.95. The average Bonchev–Trinajstić information content (AvgIpc) is 2.60. The fourth-order valence-corrected chi connectivity index (χ4v) is 3.21. The molecule has 1 N–H and O–H groups in total. The van der Waals surface area contributed by atoms with E-state index in [-0.39, 0.29) is 0 Å². The van der Waals surface area contributed by atoms with Crippen molar-refractivity contribution in [3.8, 4) is 0 Å². The van der Waals surface area contributed by atoms with Crippen LogP contribution in [0.5, 0.6) is 0 Å². The summed E-state index contributed by atoms with van der Waals surface area (Å²) in [4.78, 5) is 0. The molecule has 0 aromatic heterocycles. The summed E-state index contributed by atoms with van der Waals surface area (Å²) in [5.41, 5.74) is 0. The maximum Gasteiger partial charge on any atom is 0.0873 e. The molecule has 0 aliphatic carbocycles. The van der Waals surface area contributed by atoms with Crippen molar-refractivity contribution in [2.75, 3.05) is 13.2 Å². The van der Waals surface area contributed by atoms with E-state index in [2.05, 4.69) is 6.58 Å². The molecule has 0 aromatic carbocycles. The molecule has 2 nitrogen and oxygen atoms in total. The SMILES string of the molecule is C=COCCCCCCCCCCCCCCCCCCCCO. The van der Waals surface area contributed by atoms with E-state index in [1.54, 1.807) is 6.26 Å². The van der Waals surface area contributed by atoms with Gasteiger partial charge in [0.25, 0.3) is 0 Å². The van der Waals surface area contributed by atoms with Crippen LogP contribution in [-0.4, -0.2) is 18.3 Å². The fraction of sp³-hybridized carbons (Fsp3) is 0.909. The number of unbranched alkanes of at least 4 members (excludes halogenated alkanes) is 17. The van der Waals surface area contributed by atoms with E-state index in [4.69, 9.17) is 9.84 Å². The van der Waals surface area contributed by atoms with Crippen LogP contribution in [0.3, 0.4) is 0 Å². The predicted octanol–water partition coefficient (Wildman–Crippen LogP) is 7.16. The van der Waals surface area contributed by atoms with Crippen molar-refractivity contribution < 1.29 is 9.84 Å². The molecule has 0 amide bonds. The minimum absolute atomic E-state index is 0.367. The minimum Gasteiger partial charge on any atom is -0.502 e. The van der Waals surface area contributed by atoms with Gasteiger partial charge in [-0.25, -0.2) is 0 Å². The molecule has 0 aliphatic rings. The molecule has 2 heteroatoms. The van der Waals surface area contributed by atoms with Gasteiger partial charge >= 0.3 is 0 Å². The van der Waals surface area contributed by atoms with Crippen LogP contribution >= 0.6 is 0 Å². The second kappa shape index (κ2) is 22.5. The van der Waals surface area contributed by atoms with E-state index in [1.807, 2.05) is 0 Å². The van der Waals surface area contributed by atoms with Gasteiger partial charge < -0.3 is 9.84 Å². The molecular weight excluding hydrogens is 296 g/mol. The first-order chi connectivity index (χ1) is 11.9. The maximum absolute atomic E-state index is 8.71. The van der Waals surface area contributed by atoms with Crippen LogP contribution in [0, 0.1) is 0 Å². The molecule has 0 bridgehead atoms. The van der Waals surface area contributed by atoms with Gasteiger partial charge in [-0.2, -0.15) is 0 Å². The van der Waals surface area contributed by atoms with Crippen LogP contribution in [0.4, 0.5) is 0 Å². The Hall–Kier alpha value is -0.500. The van der Waals surface area contributed by atoms with Crippen LogP contribution in [0.25, 0.3) is 0 Å². The third-order valence-corrected chi connectivity index (χ3v) is 4.79. The summed E-state index contributed by atoms with van der Waals surface area (Å²) < 4.78 is 5.12. The number of hydrogen-bond acceptors (Lipinski definition) is 2. The highest BCUT2D eigenvalue weighted by atomic mass is 16.5. The molecule has 0 aromatic rings. The van der Waals surface area contributed by atoms with Crippen molar-refractivity contribution >= 4 is 0 Å². The largest absolute Gasteiger partial charge is 0.502 e. The Morgan fingerprint density at radius 3 is 1.08 bits per heavy atom. The first kappa shape index (κ1) is 23.5. The van der Waals surface area contributed by atoms with Gasteiger partial charge in [0.2, 0.25) is 0 Å². The van der Waals surface area contributed by atoms with Gasteiger partial charge in [0.05, 0.1) is 12.9 Å². The zero-order valence-electron chi connectivity index (χ0n) is 16.3. The van der Waals surface area contributed by atoms with Crippen LogP contribution in [0.2, 0.25) is 0 Å². The van der Waals surface area contributed by atoms with Crippen molar-refractivity contribution in [1.29, 1.82) is 0 Å². The summed E-state index contributed by atoms with van der Waals surface area (Å²) in [6, 6.07) is 0. The maximum atomic E-state index is 8.71. The molecule has 0 saturated heterocycles. The zero-order chi connectivity index (χ0) is 17.6. The molecule has 0 saturated carbocycles. The Labute approximate surface area is 152 Å². The lowest BCUT2D eigenvalue weighted by Gasteiger charge is -2.04.